The molecule has 10 heteroatoms. The molecule has 9 aromatic rings. The van der Waals surface area contributed by atoms with Gasteiger partial charge in [-0.3, -0.25) is 4.99 Å². The number of hydrogen-bond acceptors (Lipinski definition) is 7. The van der Waals surface area contributed by atoms with E-state index in [0.29, 0.717) is 55.1 Å². The first-order valence-corrected chi connectivity index (χ1v) is 24.5. The quantitative estimate of drug-likeness (QED) is 0.0898. The molecule has 10 nitrogen and oxygen atoms in total. The van der Waals surface area contributed by atoms with Crippen LogP contribution in [-0.2, 0) is 33.5 Å². The molecular weight excluding hydrogens is 917 g/mol. The Hall–Kier alpha value is -9.38. The van der Waals surface area contributed by atoms with Crippen molar-refractivity contribution in [3.63, 3.8) is 0 Å². The maximum atomic E-state index is 7.27. The molecule has 0 radical (unpaired) electrons. The van der Waals surface area contributed by atoms with Crippen molar-refractivity contribution in [2.45, 2.75) is 40.3 Å². The van der Waals surface area contributed by atoms with E-state index in [2.05, 4.69) is 123 Å². The van der Waals surface area contributed by atoms with Crippen molar-refractivity contribution in [3.05, 3.63) is 256 Å². The third kappa shape index (κ3) is 12.0. The van der Waals surface area contributed by atoms with E-state index in [1.54, 1.807) is 18.3 Å². The van der Waals surface area contributed by atoms with Gasteiger partial charge in [-0.2, -0.15) is 0 Å². The lowest BCUT2D eigenvalue weighted by Crippen LogP contribution is -2.24. The third-order valence-corrected chi connectivity index (χ3v) is 13.0. The number of amidine groups is 1. The van der Waals surface area contributed by atoms with Crippen molar-refractivity contribution >= 4 is 17.2 Å². The molecule has 1 aliphatic heterocycles. The van der Waals surface area contributed by atoms with Gasteiger partial charge in [0.1, 0.15) is 61.1 Å². The van der Waals surface area contributed by atoms with Gasteiger partial charge in [0, 0.05) is 45.2 Å². The van der Waals surface area contributed by atoms with E-state index in [1.165, 1.54) is 33.4 Å². The van der Waals surface area contributed by atoms with Gasteiger partial charge in [-0.15, -0.1) is 0 Å². The van der Waals surface area contributed by atoms with E-state index in [0.717, 1.165) is 63.9 Å². The Morgan fingerprint density at radius 1 is 0.500 bits per heavy atom. The summed E-state index contributed by atoms with van der Waals surface area (Å²) < 4.78 is 27.0. The fourth-order valence-electron chi connectivity index (χ4n) is 8.86. The zero-order valence-electron chi connectivity index (χ0n) is 42.0. The molecule has 1 aromatic heterocycles. The Balaban J connectivity index is 0.000000182. The molecule has 0 aliphatic carbocycles. The zero-order chi connectivity index (χ0) is 51.2. The molecule has 0 fully saturated rings. The average Bonchev–Trinajstić information content (AvgIpc) is 4.09. The minimum Gasteiger partial charge on any atom is -0.489 e. The molecule has 366 valence electrons. The van der Waals surface area contributed by atoms with Gasteiger partial charge < -0.3 is 28.4 Å². The van der Waals surface area contributed by atoms with Crippen LogP contribution in [0.4, 0.5) is 11.4 Å². The molecule has 0 saturated heterocycles. The first kappa shape index (κ1) is 49.6. The highest BCUT2D eigenvalue weighted by Gasteiger charge is 2.20. The highest BCUT2D eigenvalue weighted by atomic mass is 16.5. The second-order valence-corrected chi connectivity index (χ2v) is 17.9. The lowest BCUT2D eigenvalue weighted by Gasteiger charge is -2.19. The summed E-state index contributed by atoms with van der Waals surface area (Å²) in [6.07, 6.45) is 3.68. The summed E-state index contributed by atoms with van der Waals surface area (Å²) in [6, 6.07) is 60.2. The Kier molecular flexibility index (Phi) is 15.9. The van der Waals surface area contributed by atoms with Crippen molar-refractivity contribution in [2.75, 3.05) is 20.1 Å². The Bertz CT molecular complexity index is 3500. The van der Waals surface area contributed by atoms with Crippen LogP contribution in [0, 0.1) is 27.0 Å². The average molecular weight is 973 g/mol. The third-order valence-electron chi connectivity index (χ3n) is 13.0. The first-order chi connectivity index (χ1) is 36.2. The maximum absolute atomic E-state index is 7.27. The van der Waals surface area contributed by atoms with Crippen molar-refractivity contribution in [1.29, 1.82) is 0 Å². The number of likely N-dealkylation sites (N-methyl/N-ethyl adjacent to an activating group) is 1. The predicted octanol–water partition coefficient (Wildman–Crippen LogP) is 14.8. The van der Waals surface area contributed by atoms with Crippen LogP contribution in [0.5, 0.6) is 23.0 Å². The lowest BCUT2D eigenvalue weighted by atomic mass is 9.97. The highest BCUT2D eigenvalue weighted by molar-refractivity contribution is 6.02. The monoisotopic (exact) mass is 972 g/mol. The first-order valence-electron chi connectivity index (χ1n) is 24.5. The van der Waals surface area contributed by atoms with Gasteiger partial charge >= 0.3 is 0 Å². The summed E-state index contributed by atoms with van der Waals surface area (Å²) in [4.78, 5) is 18.4. The second kappa shape index (κ2) is 23.7. The number of benzene rings is 8. The largest absolute Gasteiger partial charge is 0.489 e. The molecule has 0 amide bonds. The highest BCUT2D eigenvalue weighted by Crippen LogP contribution is 2.35. The number of ether oxygens (including phenoxy) is 4. The van der Waals surface area contributed by atoms with Crippen molar-refractivity contribution in [1.82, 2.24) is 14.5 Å². The van der Waals surface area contributed by atoms with Crippen molar-refractivity contribution in [2.24, 2.45) is 12.0 Å². The van der Waals surface area contributed by atoms with Crippen LogP contribution in [0.2, 0.25) is 0 Å². The predicted molar refractivity (Wildman–Crippen MR) is 295 cm³/mol. The number of nitrogens with zero attached hydrogens (tertiary/aromatic N) is 6. The second-order valence-electron chi connectivity index (χ2n) is 17.9. The van der Waals surface area contributed by atoms with E-state index in [9.17, 15) is 0 Å². The molecule has 1 aliphatic rings. The number of imidazole rings is 1. The summed E-state index contributed by atoms with van der Waals surface area (Å²) >= 11 is 0. The molecular formula is C64H56N6O4. The van der Waals surface area contributed by atoms with Gasteiger partial charge in [-0.1, -0.05) is 133 Å². The van der Waals surface area contributed by atoms with E-state index in [1.807, 2.05) is 110 Å². The van der Waals surface area contributed by atoms with Crippen LogP contribution in [0.15, 0.2) is 199 Å². The van der Waals surface area contributed by atoms with Crippen LogP contribution >= 0.6 is 0 Å². The molecule has 0 bridgehead atoms. The normalized spacial score (nSPS) is 11.6. The Morgan fingerprint density at radius 2 is 1.00 bits per heavy atom. The van der Waals surface area contributed by atoms with E-state index < -0.39 is 0 Å². The van der Waals surface area contributed by atoms with Gasteiger partial charge in [0.05, 0.1) is 30.8 Å². The topological polar surface area (TPSA) is 79.1 Å². The number of hydrogen-bond donors (Lipinski definition) is 0. The standard InChI is InChI=1S/C32H29N3O2.C32H27N3O2/c2*1-23-26(12-8-14-29(23)25-10-5-4-6-11-25)22-36-28-15-16-30(32-34-17-18-35(32)3)31(20-28)37-21-24-9-7-13-27(19-24)33-2/h4-16,19-20H,17-18,21-22H2,1,3H3;4-20H,21-22H2,1,3H3. The molecule has 0 spiro atoms. The minimum atomic E-state index is 0.336. The van der Waals surface area contributed by atoms with Crippen LogP contribution in [0.25, 0.3) is 43.3 Å². The summed E-state index contributed by atoms with van der Waals surface area (Å²) in [6.45, 7) is 22.1. The molecule has 2 heterocycles. The van der Waals surface area contributed by atoms with Crippen molar-refractivity contribution in [3.8, 4) is 56.6 Å². The smallest absolute Gasteiger partial charge is 0.187 e. The fraction of sp³-hybridized carbons (Fsp3) is 0.156. The number of rotatable bonds is 16. The number of aryl methyl sites for hydroxylation is 1. The van der Waals surface area contributed by atoms with E-state index in [-0.39, 0.29) is 0 Å². The number of aliphatic imine (C=N–C) groups is 1. The van der Waals surface area contributed by atoms with E-state index in [4.69, 9.17) is 32.1 Å². The van der Waals surface area contributed by atoms with Gasteiger partial charge in [-0.25, -0.2) is 14.7 Å². The van der Waals surface area contributed by atoms with Gasteiger partial charge in [0.25, 0.3) is 0 Å². The van der Waals surface area contributed by atoms with Gasteiger partial charge in [0.15, 0.2) is 11.4 Å². The van der Waals surface area contributed by atoms with Crippen LogP contribution in [0.3, 0.4) is 0 Å². The molecule has 0 atom stereocenters. The SMILES string of the molecule is [C-]#[N+]c1cccc(COc2cc(OCc3cccc(-c4ccccc4)c3C)ccc2-c2nccn2C)c1.[C-]#[N+]c1cccc(COc2cc(OCc3cccc(-c4ccccc4)c3C)ccc2C2=NCCN2C)c1. The minimum absolute atomic E-state index is 0.336. The number of aromatic nitrogens is 2. The summed E-state index contributed by atoms with van der Waals surface area (Å²) in [7, 11) is 4.00. The van der Waals surface area contributed by atoms with Crippen LogP contribution < -0.4 is 18.9 Å². The summed E-state index contributed by atoms with van der Waals surface area (Å²) in [5.41, 5.74) is 14.4. The fourth-order valence-corrected chi connectivity index (χ4v) is 8.86. The molecule has 74 heavy (non-hydrogen) atoms. The van der Waals surface area contributed by atoms with Crippen molar-refractivity contribution < 1.29 is 18.9 Å². The summed E-state index contributed by atoms with van der Waals surface area (Å²) in [5.74, 6) is 4.57. The molecule has 10 rings (SSSR count). The Morgan fingerprint density at radius 3 is 1.47 bits per heavy atom. The Labute approximate surface area is 434 Å². The molecule has 0 unspecified atom stereocenters. The zero-order valence-corrected chi connectivity index (χ0v) is 42.0. The molecule has 8 aromatic carbocycles. The molecule has 0 saturated carbocycles. The van der Waals surface area contributed by atoms with Crippen LogP contribution in [0.1, 0.15) is 38.9 Å². The maximum Gasteiger partial charge on any atom is 0.187 e. The van der Waals surface area contributed by atoms with E-state index >= 15 is 0 Å². The van der Waals surface area contributed by atoms with Gasteiger partial charge in [-0.05, 0) is 106 Å². The molecule has 0 N–H and O–H groups in total. The van der Waals surface area contributed by atoms with Gasteiger partial charge in [0.2, 0.25) is 0 Å². The lowest BCUT2D eigenvalue weighted by molar-refractivity contribution is 0.289. The van der Waals surface area contributed by atoms with Crippen LogP contribution in [-0.4, -0.2) is 40.4 Å². The summed E-state index contributed by atoms with van der Waals surface area (Å²) in [5, 5.41) is 0.